The van der Waals surface area contributed by atoms with E-state index in [0.29, 0.717) is 6.54 Å². The molecule has 0 saturated carbocycles. The molecular weight excluding hydrogens is 402 g/mol. The van der Waals surface area contributed by atoms with Crippen molar-refractivity contribution in [2.24, 2.45) is 0 Å². The fourth-order valence-corrected chi connectivity index (χ4v) is 3.87. The maximum atomic E-state index is 12.7. The van der Waals surface area contributed by atoms with Crippen LogP contribution in [0.3, 0.4) is 0 Å². The Morgan fingerprint density at radius 3 is 1.96 bits per heavy atom. The number of carbonyl (C=O) groups is 1. The molecule has 4 heteroatoms. The molecule has 0 atom stereocenters. The van der Waals surface area contributed by atoms with E-state index >= 15 is 0 Å². The van der Waals surface area contributed by atoms with Crippen molar-refractivity contribution in [1.82, 2.24) is 4.90 Å². The zero-order valence-corrected chi connectivity index (χ0v) is 16.6. The van der Waals surface area contributed by atoms with Crippen LogP contribution < -0.4 is 0 Å². The maximum absolute atomic E-state index is 12.7. The van der Waals surface area contributed by atoms with Crippen molar-refractivity contribution in [3.8, 4) is 11.1 Å². The van der Waals surface area contributed by atoms with E-state index in [1.54, 1.807) is 11.9 Å². The van der Waals surface area contributed by atoms with Crippen molar-refractivity contribution in [1.29, 1.82) is 0 Å². The molecule has 0 radical (unpaired) electrons. The molecule has 0 bridgehead atoms. The summed E-state index contributed by atoms with van der Waals surface area (Å²) in [5, 5.41) is 0.825. The highest BCUT2D eigenvalue weighted by Gasteiger charge is 2.31. The number of nitrogens with zero attached hydrogens (tertiary/aromatic N) is 1. The van der Waals surface area contributed by atoms with Gasteiger partial charge in [0.2, 0.25) is 0 Å². The molecule has 0 N–H and O–H groups in total. The summed E-state index contributed by atoms with van der Waals surface area (Å²) in [6.07, 6.45) is -0.681. The van der Waals surface area contributed by atoms with Crippen LogP contribution in [0.1, 0.15) is 28.4 Å². The zero-order valence-electron chi connectivity index (χ0n) is 15.1. The summed E-state index contributed by atoms with van der Waals surface area (Å²) in [5.74, 6) is 0. The van der Waals surface area contributed by atoms with Crippen molar-refractivity contribution in [2.45, 2.75) is 18.0 Å². The highest BCUT2D eigenvalue weighted by atomic mass is 79.9. The molecule has 1 amide bonds. The van der Waals surface area contributed by atoms with Crippen molar-refractivity contribution in [2.75, 3.05) is 7.05 Å². The summed E-state index contributed by atoms with van der Waals surface area (Å²) >= 11 is 3.45. The molecule has 3 aromatic carbocycles. The molecule has 0 spiro atoms. The molecule has 1 aliphatic rings. The minimum absolute atomic E-state index is 0.323. The van der Waals surface area contributed by atoms with Gasteiger partial charge in [-0.3, -0.25) is 0 Å². The van der Waals surface area contributed by atoms with Crippen LogP contribution in [-0.4, -0.2) is 18.0 Å². The third kappa shape index (κ3) is 3.50. The molecule has 0 aromatic heterocycles. The number of hydrogen-bond acceptors (Lipinski definition) is 2. The summed E-state index contributed by atoms with van der Waals surface area (Å²) in [5.41, 5.74) is 6.65. The van der Waals surface area contributed by atoms with Gasteiger partial charge < -0.3 is 9.64 Å². The minimum Gasteiger partial charge on any atom is -0.436 e. The average Bonchev–Trinajstić information content (AvgIpc) is 3.03. The second-order valence-corrected chi connectivity index (χ2v) is 7.31. The Kier molecular flexibility index (Phi) is 4.99. The number of fused-ring (bicyclic) bond motifs is 3. The Labute approximate surface area is 167 Å². The zero-order chi connectivity index (χ0) is 18.8. The monoisotopic (exact) mass is 421 g/mol. The van der Waals surface area contributed by atoms with Gasteiger partial charge in [-0.05, 0) is 22.3 Å². The molecule has 4 rings (SSSR count). The minimum atomic E-state index is -0.358. The average molecular weight is 422 g/mol. The number of amides is 1. The Bertz CT molecular complexity index is 923. The fraction of sp³-hybridized carbons (Fsp3) is 0.174. The molecular formula is C23H20BrNO2. The Balaban J connectivity index is 1.52. The second kappa shape index (κ2) is 7.57. The number of hydrogen-bond donors (Lipinski definition) is 0. The van der Waals surface area contributed by atoms with Crippen LogP contribution in [0.4, 0.5) is 4.79 Å². The maximum Gasteiger partial charge on any atom is 0.410 e. The van der Waals surface area contributed by atoms with Crippen molar-refractivity contribution in [3.63, 3.8) is 0 Å². The van der Waals surface area contributed by atoms with Gasteiger partial charge in [0.1, 0.15) is 0 Å². The highest BCUT2D eigenvalue weighted by Crippen LogP contribution is 2.45. The third-order valence-electron chi connectivity index (χ3n) is 4.90. The number of rotatable bonds is 4. The Morgan fingerprint density at radius 1 is 0.889 bits per heavy atom. The third-order valence-corrected chi connectivity index (χ3v) is 5.55. The van der Waals surface area contributed by atoms with E-state index in [0.717, 1.165) is 33.1 Å². The SMILES string of the molecule is CN(Cc1ccc(CBr)cc1)C(=O)OC1c2ccccc2-c2ccccc21. The van der Waals surface area contributed by atoms with Gasteiger partial charge in [-0.2, -0.15) is 0 Å². The van der Waals surface area contributed by atoms with E-state index in [2.05, 4.69) is 40.2 Å². The molecule has 0 saturated heterocycles. The quantitative estimate of drug-likeness (QED) is 0.489. The summed E-state index contributed by atoms with van der Waals surface area (Å²) in [7, 11) is 1.77. The lowest BCUT2D eigenvalue weighted by Crippen LogP contribution is -2.28. The molecule has 0 heterocycles. The molecule has 3 aromatic rings. The second-order valence-electron chi connectivity index (χ2n) is 6.74. The lowest BCUT2D eigenvalue weighted by Gasteiger charge is -2.21. The van der Waals surface area contributed by atoms with Crippen LogP contribution >= 0.6 is 15.9 Å². The lowest BCUT2D eigenvalue weighted by molar-refractivity contribution is 0.0843. The van der Waals surface area contributed by atoms with Gasteiger partial charge in [-0.15, -0.1) is 0 Å². The van der Waals surface area contributed by atoms with Crippen molar-refractivity contribution < 1.29 is 9.53 Å². The first-order valence-corrected chi connectivity index (χ1v) is 10.0. The summed E-state index contributed by atoms with van der Waals surface area (Å²) in [6.45, 7) is 0.511. The molecule has 0 fully saturated rings. The summed E-state index contributed by atoms with van der Waals surface area (Å²) in [6, 6.07) is 24.4. The fourth-order valence-electron chi connectivity index (χ4n) is 3.50. The lowest BCUT2D eigenvalue weighted by atomic mass is 10.1. The van der Waals surface area contributed by atoms with E-state index in [1.807, 2.05) is 48.5 Å². The van der Waals surface area contributed by atoms with Crippen LogP contribution in [0.2, 0.25) is 0 Å². The molecule has 27 heavy (non-hydrogen) atoms. The van der Waals surface area contributed by atoms with Gasteiger partial charge in [-0.25, -0.2) is 4.79 Å². The molecule has 0 aliphatic heterocycles. The van der Waals surface area contributed by atoms with Gasteiger partial charge in [-0.1, -0.05) is 88.7 Å². The van der Waals surface area contributed by atoms with E-state index in [1.165, 1.54) is 5.56 Å². The molecule has 136 valence electrons. The van der Waals surface area contributed by atoms with Gasteiger partial charge in [0.05, 0.1) is 0 Å². The van der Waals surface area contributed by atoms with E-state index < -0.39 is 0 Å². The number of alkyl halides is 1. The standard InChI is InChI=1S/C23H20BrNO2/c1-25(15-17-12-10-16(14-24)11-13-17)23(26)27-22-20-8-4-2-6-18(20)19-7-3-5-9-21(19)22/h2-13,22H,14-15H2,1H3. The van der Waals surface area contributed by atoms with Crippen molar-refractivity contribution in [3.05, 3.63) is 95.1 Å². The van der Waals surface area contributed by atoms with E-state index in [9.17, 15) is 4.79 Å². The summed E-state index contributed by atoms with van der Waals surface area (Å²) < 4.78 is 5.92. The molecule has 0 unspecified atom stereocenters. The van der Waals surface area contributed by atoms with Crippen LogP contribution in [0.5, 0.6) is 0 Å². The first-order chi connectivity index (χ1) is 13.2. The van der Waals surface area contributed by atoms with E-state index in [-0.39, 0.29) is 12.2 Å². The van der Waals surface area contributed by atoms with Gasteiger partial charge in [0, 0.05) is 30.0 Å². The normalized spacial score (nSPS) is 12.4. The summed E-state index contributed by atoms with van der Waals surface area (Å²) in [4.78, 5) is 14.4. The van der Waals surface area contributed by atoms with Crippen LogP contribution in [0.15, 0.2) is 72.8 Å². The highest BCUT2D eigenvalue weighted by molar-refractivity contribution is 9.08. The van der Waals surface area contributed by atoms with Gasteiger partial charge >= 0.3 is 6.09 Å². The first kappa shape index (κ1) is 17.8. The number of benzene rings is 3. The number of halogens is 1. The van der Waals surface area contributed by atoms with Crippen LogP contribution in [-0.2, 0) is 16.6 Å². The van der Waals surface area contributed by atoms with Gasteiger partial charge in [0.25, 0.3) is 0 Å². The van der Waals surface area contributed by atoms with E-state index in [4.69, 9.17) is 4.74 Å². The van der Waals surface area contributed by atoms with Gasteiger partial charge in [0.15, 0.2) is 6.10 Å². The smallest absolute Gasteiger partial charge is 0.410 e. The largest absolute Gasteiger partial charge is 0.436 e. The Hall–Kier alpha value is -2.59. The number of carbonyl (C=O) groups excluding carboxylic acids is 1. The van der Waals surface area contributed by atoms with Crippen molar-refractivity contribution >= 4 is 22.0 Å². The number of ether oxygens (including phenoxy) is 1. The van der Waals surface area contributed by atoms with Crippen LogP contribution in [0.25, 0.3) is 11.1 Å². The topological polar surface area (TPSA) is 29.5 Å². The Morgan fingerprint density at radius 2 is 1.41 bits per heavy atom. The first-order valence-electron chi connectivity index (χ1n) is 8.91. The van der Waals surface area contributed by atoms with Crippen LogP contribution in [0, 0.1) is 0 Å². The predicted octanol–water partition coefficient (Wildman–Crippen LogP) is 5.92. The molecule has 1 aliphatic carbocycles. The predicted molar refractivity (Wildman–Crippen MR) is 111 cm³/mol. The molecule has 3 nitrogen and oxygen atoms in total.